The molecule has 0 saturated carbocycles. The maximum absolute atomic E-state index is 13.5. The molecule has 1 atom stereocenters. The second-order valence-electron chi connectivity index (χ2n) is 11.0. The summed E-state index contributed by atoms with van der Waals surface area (Å²) in [4.78, 5) is 54.4. The largest absolute Gasteiger partial charge is 0.464 e. The number of hydrogen-bond acceptors (Lipinski definition) is 6. The monoisotopic (exact) mass is 674 g/mol. The zero-order valence-corrected chi connectivity index (χ0v) is 27.4. The van der Waals surface area contributed by atoms with Gasteiger partial charge in [0.05, 0.1) is 35.8 Å². The molecule has 1 N–H and O–H groups in total. The maximum atomic E-state index is 13.5. The lowest BCUT2D eigenvalue weighted by Gasteiger charge is -2.25. The number of rotatable bonds is 13. The average Bonchev–Trinajstić information content (AvgIpc) is 3.09. The molecule has 0 saturated heterocycles. The van der Waals surface area contributed by atoms with E-state index in [1.54, 1.807) is 48.2 Å². The molecule has 0 spiro atoms. The molecule has 0 aliphatic heterocycles. The van der Waals surface area contributed by atoms with E-state index in [0.717, 1.165) is 17.7 Å². The van der Waals surface area contributed by atoms with E-state index in [-0.39, 0.29) is 42.4 Å². The lowest BCUT2D eigenvalue weighted by atomic mass is 9.97. The van der Waals surface area contributed by atoms with Gasteiger partial charge in [-0.2, -0.15) is 13.2 Å². The number of carbonyl (C=O) groups excluding carboxylic acids is 4. The smallest absolute Gasteiger partial charge is 0.416 e. The summed E-state index contributed by atoms with van der Waals surface area (Å²) in [6, 6.07) is 24.4. The van der Waals surface area contributed by atoms with Crippen molar-refractivity contribution in [2.45, 2.75) is 39.3 Å². The molecular formula is C38H37F3N2O6. The van der Waals surface area contributed by atoms with Crippen LogP contribution in [-0.4, -0.2) is 55.0 Å². The van der Waals surface area contributed by atoms with Crippen LogP contribution in [0.5, 0.6) is 0 Å². The Hall–Kier alpha value is -5.45. The van der Waals surface area contributed by atoms with Crippen LogP contribution in [0.1, 0.15) is 64.1 Å². The van der Waals surface area contributed by atoms with Crippen molar-refractivity contribution in [1.29, 1.82) is 0 Å². The Bertz CT molecular complexity index is 1770. The third-order valence-corrected chi connectivity index (χ3v) is 7.86. The molecule has 0 heterocycles. The van der Waals surface area contributed by atoms with E-state index >= 15 is 0 Å². The highest BCUT2D eigenvalue weighted by Gasteiger charge is 2.30. The zero-order chi connectivity index (χ0) is 35.6. The molecule has 0 aliphatic carbocycles. The van der Waals surface area contributed by atoms with Gasteiger partial charge in [-0.05, 0) is 73.4 Å². The van der Waals surface area contributed by atoms with Crippen LogP contribution >= 0.6 is 0 Å². The van der Waals surface area contributed by atoms with Gasteiger partial charge in [-0.25, -0.2) is 4.79 Å². The van der Waals surface area contributed by atoms with Crippen LogP contribution < -0.4 is 5.32 Å². The molecule has 4 aromatic rings. The fourth-order valence-electron chi connectivity index (χ4n) is 5.29. The molecule has 1 unspecified atom stereocenters. The topological polar surface area (TPSA) is 102 Å². The third kappa shape index (κ3) is 9.34. The highest BCUT2D eigenvalue weighted by molar-refractivity contribution is 6.11. The van der Waals surface area contributed by atoms with E-state index in [0.29, 0.717) is 29.8 Å². The number of alkyl halides is 3. The Morgan fingerprint density at radius 3 is 2.06 bits per heavy atom. The molecule has 0 bridgehead atoms. The number of anilines is 1. The minimum Gasteiger partial charge on any atom is -0.464 e. The van der Waals surface area contributed by atoms with Gasteiger partial charge in [-0.15, -0.1) is 0 Å². The van der Waals surface area contributed by atoms with Gasteiger partial charge in [0.15, 0.2) is 0 Å². The van der Waals surface area contributed by atoms with Crippen LogP contribution in [0.4, 0.5) is 18.9 Å². The maximum Gasteiger partial charge on any atom is 0.416 e. The van der Waals surface area contributed by atoms with E-state index < -0.39 is 35.5 Å². The summed E-state index contributed by atoms with van der Waals surface area (Å²) >= 11 is 0. The first-order valence-electron chi connectivity index (χ1n) is 15.8. The van der Waals surface area contributed by atoms with Gasteiger partial charge in [0.1, 0.15) is 6.61 Å². The number of likely N-dealkylation sites (N-methyl/N-ethyl adjacent to an activating group) is 1. The third-order valence-electron chi connectivity index (χ3n) is 7.86. The molecule has 11 heteroatoms. The highest BCUT2D eigenvalue weighted by Crippen LogP contribution is 2.32. The Kier molecular flexibility index (Phi) is 12.3. The van der Waals surface area contributed by atoms with Crippen LogP contribution in [0, 0.1) is 0 Å². The summed E-state index contributed by atoms with van der Waals surface area (Å²) < 4.78 is 50.1. The predicted octanol–water partition coefficient (Wildman–Crippen LogP) is 7.54. The van der Waals surface area contributed by atoms with Crippen molar-refractivity contribution in [2.24, 2.45) is 0 Å². The molecule has 0 aliphatic rings. The minimum atomic E-state index is -4.50. The van der Waals surface area contributed by atoms with Crippen molar-refractivity contribution < 1.29 is 41.8 Å². The lowest BCUT2D eigenvalue weighted by Crippen LogP contribution is -2.37. The summed E-state index contributed by atoms with van der Waals surface area (Å²) in [7, 11) is 0. The highest BCUT2D eigenvalue weighted by atomic mass is 19.4. The second-order valence-corrected chi connectivity index (χ2v) is 11.0. The molecular weight excluding hydrogens is 637 g/mol. The van der Waals surface area contributed by atoms with Gasteiger partial charge in [0, 0.05) is 18.7 Å². The number of hydrogen-bond donors (Lipinski definition) is 1. The van der Waals surface area contributed by atoms with Crippen molar-refractivity contribution in [3.63, 3.8) is 0 Å². The molecule has 0 radical (unpaired) electrons. The normalized spacial score (nSPS) is 11.7. The van der Waals surface area contributed by atoms with E-state index in [4.69, 9.17) is 9.47 Å². The van der Waals surface area contributed by atoms with Crippen LogP contribution in [0.3, 0.4) is 0 Å². The Balaban J connectivity index is 1.53. The van der Waals surface area contributed by atoms with Crippen LogP contribution in [0.2, 0.25) is 0 Å². The van der Waals surface area contributed by atoms with Gasteiger partial charge in [-0.1, -0.05) is 66.7 Å². The molecule has 0 fully saturated rings. The number of esters is 2. The average molecular weight is 675 g/mol. The van der Waals surface area contributed by atoms with E-state index in [9.17, 15) is 32.3 Å². The van der Waals surface area contributed by atoms with Crippen LogP contribution in [0.25, 0.3) is 11.1 Å². The number of nitrogens with one attached hydrogen (secondary N) is 1. The number of ether oxygens (including phenoxy) is 2. The molecule has 4 rings (SSSR count). The number of nitrogens with zero attached hydrogens (tertiary/aromatic N) is 1. The number of benzene rings is 4. The first-order chi connectivity index (χ1) is 23.5. The Morgan fingerprint density at radius 2 is 1.43 bits per heavy atom. The number of halogens is 3. The van der Waals surface area contributed by atoms with Crippen molar-refractivity contribution in [3.05, 3.63) is 125 Å². The van der Waals surface area contributed by atoms with Gasteiger partial charge in [0.2, 0.25) is 5.91 Å². The van der Waals surface area contributed by atoms with Gasteiger partial charge in [-0.3, -0.25) is 14.4 Å². The number of carbonyl (C=O) groups is 4. The second kappa shape index (κ2) is 16.6. The fraction of sp³-hybridized carbons (Fsp3) is 0.263. The fourth-order valence-corrected chi connectivity index (χ4v) is 5.29. The first-order valence-corrected chi connectivity index (χ1v) is 15.8. The molecule has 8 nitrogen and oxygen atoms in total. The molecule has 0 aromatic heterocycles. The van der Waals surface area contributed by atoms with Gasteiger partial charge in [0.25, 0.3) is 5.91 Å². The van der Waals surface area contributed by atoms with Crippen molar-refractivity contribution in [2.75, 3.05) is 31.6 Å². The Labute approximate surface area is 282 Å². The van der Waals surface area contributed by atoms with E-state index in [1.165, 1.54) is 30.3 Å². The van der Waals surface area contributed by atoms with Crippen molar-refractivity contribution in [1.82, 2.24) is 4.90 Å². The predicted molar refractivity (Wildman–Crippen MR) is 179 cm³/mol. The van der Waals surface area contributed by atoms with Gasteiger partial charge < -0.3 is 19.7 Å². The molecule has 4 aromatic carbocycles. The molecule has 256 valence electrons. The Morgan fingerprint density at radius 1 is 0.776 bits per heavy atom. The summed E-state index contributed by atoms with van der Waals surface area (Å²) in [6.07, 6.45) is -4.73. The van der Waals surface area contributed by atoms with Gasteiger partial charge >= 0.3 is 18.1 Å². The van der Waals surface area contributed by atoms with Crippen LogP contribution in [-0.2, 0) is 31.7 Å². The van der Waals surface area contributed by atoms with Crippen molar-refractivity contribution in [3.8, 4) is 11.1 Å². The molecule has 49 heavy (non-hydrogen) atoms. The van der Waals surface area contributed by atoms with Crippen molar-refractivity contribution >= 4 is 29.4 Å². The SMILES string of the molecule is CCOC(=O)c1cc(CC(=O)OCC(C(=O)N(CC)CC)c2ccccc2)ccc1NC(=O)c1ccccc1-c1ccc(C(F)(F)F)cc1. The quantitative estimate of drug-likeness (QED) is 0.147. The van der Waals surface area contributed by atoms with Crippen LogP contribution in [0.15, 0.2) is 97.1 Å². The summed E-state index contributed by atoms with van der Waals surface area (Å²) in [5, 5.41) is 2.71. The van der Waals surface area contributed by atoms with E-state index in [1.807, 2.05) is 32.0 Å². The number of amides is 2. The minimum absolute atomic E-state index is 0.00798. The summed E-state index contributed by atoms with van der Waals surface area (Å²) in [5.41, 5.74) is 1.36. The summed E-state index contributed by atoms with van der Waals surface area (Å²) in [5.74, 6) is -2.82. The first kappa shape index (κ1) is 36.4. The standard InChI is InChI=1S/C38H37F3N2O6/c1-4-43(5-2)36(46)32(26-12-8-7-9-13-26)24-49-34(44)23-25-16-21-33(31(22-25)37(47)48-6-3)42-35(45)30-15-11-10-14-29(30)27-17-19-28(20-18-27)38(39,40)41/h7-22,32H,4-6,23-24H2,1-3H3,(H,42,45). The molecule has 2 amide bonds. The summed E-state index contributed by atoms with van der Waals surface area (Å²) in [6.45, 7) is 6.27. The lowest BCUT2D eigenvalue weighted by molar-refractivity contribution is -0.145. The zero-order valence-electron chi connectivity index (χ0n) is 27.4. The van der Waals surface area contributed by atoms with E-state index in [2.05, 4.69) is 5.32 Å².